The molecule has 0 aliphatic heterocycles. The maximum absolute atomic E-state index is 12.0. The third-order valence-corrected chi connectivity index (χ3v) is 3.25. The standard InChI is InChI=1S/C17H19NO/c1-14(16-10-6-3-7-11-16)17(19)18-13-12-15-8-4-2-5-9-15/h2-11,14H,12-13H2,1H3,(H,18,19). The predicted octanol–water partition coefficient (Wildman–Crippen LogP) is 3.15. The van der Waals surface area contributed by atoms with Gasteiger partial charge in [0.1, 0.15) is 0 Å². The summed E-state index contributed by atoms with van der Waals surface area (Å²) in [6, 6.07) is 20.0. The maximum atomic E-state index is 12.0. The average molecular weight is 253 g/mol. The van der Waals surface area contributed by atoms with Crippen LogP contribution in [0.3, 0.4) is 0 Å². The van der Waals surface area contributed by atoms with Crippen molar-refractivity contribution in [1.82, 2.24) is 5.32 Å². The number of carbonyl (C=O) groups excluding carboxylic acids is 1. The van der Waals surface area contributed by atoms with Gasteiger partial charge in [0.05, 0.1) is 5.92 Å². The van der Waals surface area contributed by atoms with Gasteiger partial charge >= 0.3 is 0 Å². The first-order chi connectivity index (χ1) is 9.27. The van der Waals surface area contributed by atoms with Crippen LogP contribution < -0.4 is 5.32 Å². The summed E-state index contributed by atoms with van der Waals surface area (Å²) in [6.07, 6.45) is 0.869. The summed E-state index contributed by atoms with van der Waals surface area (Å²) in [7, 11) is 0. The molecule has 0 fully saturated rings. The minimum atomic E-state index is -0.100. The van der Waals surface area contributed by atoms with E-state index < -0.39 is 0 Å². The molecule has 0 aliphatic rings. The van der Waals surface area contributed by atoms with E-state index in [1.165, 1.54) is 5.56 Å². The second-order valence-electron chi connectivity index (χ2n) is 4.66. The Morgan fingerprint density at radius 1 is 1.00 bits per heavy atom. The van der Waals surface area contributed by atoms with Gasteiger partial charge in [-0.3, -0.25) is 4.79 Å². The highest BCUT2D eigenvalue weighted by Gasteiger charge is 2.13. The molecule has 0 heterocycles. The molecule has 2 aromatic rings. The lowest BCUT2D eigenvalue weighted by atomic mass is 10.0. The number of hydrogen-bond acceptors (Lipinski definition) is 1. The van der Waals surface area contributed by atoms with Crippen molar-refractivity contribution < 1.29 is 4.79 Å². The molecule has 0 aliphatic carbocycles. The van der Waals surface area contributed by atoms with Crippen LogP contribution in [0.25, 0.3) is 0 Å². The third-order valence-electron chi connectivity index (χ3n) is 3.25. The molecule has 2 heteroatoms. The van der Waals surface area contributed by atoms with Crippen LogP contribution in [0.1, 0.15) is 24.0 Å². The molecule has 0 bridgehead atoms. The molecule has 0 aromatic heterocycles. The highest BCUT2D eigenvalue weighted by molar-refractivity contribution is 5.83. The molecule has 0 radical (unpaired) electrons. The smallest absolute Gasteiger partial charge is 0.227 e. The van der Waals surface area contributed by atoms with Gasteiger partial charge in [0.25, 0.3) is 0 Å². The number of nitrogens with one attached hydrogen (secondary N) is 1. The summed E-state index contributed by atoms with van der Waals surface area (Å²) in [6.45, 7) is 2.62. The Morgan fingerprint density at radius 3 is 2.21 bits per heavy atom. The molecule has 0 spiro atoms. The zero-order chi connectivity index (χ0) is 13.5. The highest BCUT2D eigenvalue weighted by atomic mass is 16.1. The minimum absolute atomic E-state index is 0.0853. The average Bonchev–Trinajstić information content (AvgIpc) is 2.48. The Balaban J connectivity index is 1.82. The summed E-state index contributed by atoms with van der Waals surface area (Å²) in [4.78, 5) is 12.0. The number of rotatable bonds is 5. The van der Waals surface area contributed by atoms with Gasteiger partial charge in [-0.05, 0) is 24.5 Å². The number of carbonyl (C=O) groups is 1. The van der Waals surface area contributed by atoms with Crippen molar-refractivity contribution >= 4 is 5.91 Å². The fourth-order valence-electron chi connectivity index (χ4n) is 2.02. The van der Waals surface area contributed by atoms with Crippen LogP contribution in [0.2, 0.25) is 0 Å². The monoisotopic (exact) mass is 253 g/mol. The summed E-state index contributed by atoms with van der Waals surface area (Å²) in [5.74, 6) is -0.0147. The van der Waals surface area contributed by atoms with Crippen molar-refractivity contribution in [1.29, 1.82) is 0 Å². The van der Waals surface area contributed by atoms with E-state index >= 15 is 0 Å². The van der Waals surface area contributed by atoms with E-state index in [9.17, 15) is 4.79 Å². The van der Waals surface area contributed by atoms with Gasteiger partial charge in [-0.15, -0.1) is 0 Å². The summed E-state index contributed by atoms with van der Waals surface area (Å²) in [5, 5.41) is 2.99. The van der Waals surface area contributed by atoms with Crippen LogP contribution in [0.4, 0.5) is 0 Å². The summed E-state index contributed by atoms with van der Waals surface area (Å²) >= 11 is 0. The molecule has 98 valence electrons. The largest absolute Gasteiger partial charge is 0.355 e. The van der Waals surface area contributed by atoms with Gasteiger partial charge in [0, 0.05) is 6.54 Å². The lowest BCUT2D eigenvalue weighted by Crippen LogP contribution is -2.29. The van der Waals surface area contributed by atoms with E-state index in [-0.39, 0.29) is 11.8 Å². The van der Waals surface area contributed by atoms with Crippen LogP contribution in [0.15, 0.2) is 60.7 Å². The lowest BCUT2D eigenvalue weighted by Gasteiger charge is -2.12. The van der Waals surface area contributed by atoms with E-state index in [1.54, 1.807) is 0 Å². The van der Waals surface area contributed by atoms with E-state index in [0.29, 0.717) is 6.54 Å². The van der Waals surface area contributed by atoms with Crippen LogP contribution in [0, 0.1) is 0 Å². The molecule has 1 unspecified atom stereocenters. The Kier molecular flexibility index (Phi) is 4.73. The normalized spacial score (nSPS) is 11.8. The van der Waals surface area contributed by atoms with E-state index in [0.717, 1.165) is 12.0 Å². The van der Waals surface area contributed by atoms with Crippen LogP contribution in [-0.2, 0) is 11.2 Å². The Bertz CT molecular complexity index is 507. The van der Waals surface area contributed by atoms with Gasteiger partial charge in [-0.25, -0.2) is 0 Å². The lowest BCUT2D eigenvalue weighted by molar-refractivity contribution is -0.122. The van der Waals surface area contributed by atoms with E-state index in [4.69, 9.17) is 0 Å². The highest BCUT2D eigenvalue weighted by Crippen LogP contribution is 2.14. The zero-order valence-electron chi connectivity index (χ0n) is 11.2. The van der Waals surface area contributed by atoms with Crippen molar-refractivity contribution in [2.75, 3.05) is 6.54 Å². The topological polar surface area (TPSA) is 29.1 Å². The molecule has 19 heavy (non-hydrogen) atoms. The van der Waals surface area contributed by atoms with Gasteiger partial charge in [0.15, 0.2) is 0 Å². The molecule has 1 amide bonds. The summed E-state index contributed by atoms with van der Waals surface area (Å²) < 4.78 is 0. The van der Waals surface area contributed by atoms with Crippen LogP contribution in [0.5, 0.6) is 0 Å². The molecular weight excluding hydrogens is 234 g/mol. The zero-order valence-corrected chi connectivity index (χ0v) is 11.2. The SMILES string of the molecule is CC(C(=O)NCCc1ccccc1)c1ccccc1. The first kappa shape index (κ1) is 13.3. The third kappa shape index (κ3) is 3.95. The predicted molar refractivity (Wildman–Crippen MR) is 78.0 cm³/mol. The first-order valence-electron chi connectivity index (χ1n) is 6.64. The number of benzene rings is 2. The van der Waals surface area contributed by atoms with Gasteiger partial charge < -0.3 is 5.32 Å². The van der Waals surface area contributed by atoms with Crippen molar-refractivity contribution in [3.8, 4) is 0 Å². The first-order valence-corrected chi connectivity index (χ1v) is 6.64. The van der Waals surface area contributed by atoms with Crippen molar-refractivity contribution in [3.05, 3.63) is 71.8 Å². The quantitative estimate of drug-likeness (QED) is 0.871. The van der Waals surface area contributed by atoms with E-state index in [1.807, 2.05) is 55.5 Å². The fraction of sp³-hybridized carbons (Fsp3) is 0.235. The van der Waals surface area contributed by atoms with Gasteiger partial charge in [-0.2, -0.15) is 0 Å². The van der Waals surface area contributed by atoms with Crippen molar-refractivity contribution in [2.24, 2.45) is 0 Å². The summed E-state index contributed by atoms with van der Waals surface area (Å²) in [5.41, 5.74) is 2.30. The van der Waals surface area contributed by atoms with Gasteiger partial charge in [0.2, 0.25) is 5.91 Å². The second kappa shape index (κ2) is 6.74. The Labute approximate surface area is 114 Å². The molecule has 2 aromatic carbocycles. The number of hydrogen-bond donors (Lipinski definition) is 1. The Hall–Kier alpha value is -2.09. The number of amides is 1. The molecule has 0 saturated carbocycles. The minimum Gasteiger partial charge on any atom is -0.355 e. The van der Waals surface area contributed by atoms with Crippen molar-refractivity contribution in [2.45, 2.75) is 19.3 Å². The van der Waals surface area contributed by atoms with Crippen LogP contribution >= 0.6 is 0 Å². The molecule has 1 atom stereocenters. The van der Waals surface area contributed by atoms with Gasteiger partial charge in [-0.1, -0.05) is 60.7 Å². The second-order valence-corrected chi connectivity index (χ2v) is 4.66. The maximum Gasteiger partial charge on any atom is 0.227 e. The molecule has 0 saturated heterocycles. The molecule has 2 nitrogen and oxygen atoms in total. The molecular formula is C17H19NO. The Morgan fingerprint density at radius 2 is 1.58 bits per heavy atom. The fourth-order valence-corrected chi connectivity index (χ4v) is 2.02. The molecule has 1 N–H and O–H groups in total. The molecule has 2 rings (SSSR count). The van der Waals surface area contributed by atoms with Crippen molar-refractivity contribution in [3.63, 3.8) is 0 Å². The van der Waals surface area contributed by atoms with E-state index in [2.05, 4.69) is 17.4 Å². The van der Waals surface area contributed by atoms with Crippen LogP contribution in [-0.4, -0.2) is 12.5 Å².